The molecule has 19 heavy (non-hydrogen) atoms. The van der Waals surface area contributed by atoms with Gasteiger partial charge >= 0.3 is 0 Å². The average molecular weight is 256 g/mol. The van der Waals surface area contributed by atoms with Crippen LogP contribution in [-0.2, 0) is 6.54 Å². The number of hydrogen-bond donors (Lipinski definition) is 4. The van der Waals surface area contributed by atoms with E-state index in [1.807, 2.05) is 18.2 Å². The molecule has 0 aromatic carbocycles. The quantitative estimate of drug-likeness (QED) is 0.399. The van der Waals surface area contributed by atoms with Gasteiger partial charge in [-0.05, 0) is 12.1 Å². The molecule has 0 saturated heterocycles. The number of pyridine rings is 1. The summed E-state index contributed by atoms with van der Waals surface area (Å²) in [5, 5.41) is 10.7. The highest BCUT2D eigenvalue weighted by Crippen LogP contribution is 2.19. The third kappa shape index (κ3) is 2.29. The highest BCUT2D eigenvalue weighted by Gasteiger charge is 2.08. The van der Waals surface area contributed by atoms with Gasteiger partial charge in [0.2, 0.25) is 5.95 Å². The molecule has 5 N–H and O–H groups in total. The van der Waals surface area contributed by atoms with E-state index in [2.05, 4.69) is 35.9 Å². The van der Waals surface area contributed by atoms with Gasteiger partial charge in [-0.15, -0.1) is 0 Å². The molecule has 0 aliphatic rings. The smallest absolute Gasteiger partial charge is 0.241 e. The first-order valence-electron chi connectivity index (χ1n) is 5.68. The van der Waals surface area contributed by atoms with Gasteiger partial charge in [0.1, 0.15) is 5.82 Å². The van der Waals surface area contributed by atoms with Crippen molar-refractivity contribution in [2.45, 2.75) is 6.54 Å². The van der Waals surface area contributed by atoms with Gasteiger partial charge in [0.25, 0.3) is 0 Å². The molecule has 0 bridgehead atoms. The number of aromatic nitrogens is 5. The number of fused-ring (bicyclic) bond motifs is 1. The fourth-order valence-corrected chi connectivity index (χ4v) is 1.71. The number of rotatable bonds is 4. The Hall–Kier alpha value is -2.74. The zero-order chi connectivity index (χ0) is 13.1. The van der Waals surface area contributed by atoms with Gasteiger partial charge in [-0.25, -0.2) is 5.84 Å². The minimum absolute atomic E-state index is 0.320. The summed E-state index contributed by atoms with van der Waals surface area (Å²) >= 11 is 0. The van der Waals surface area contributed by atoms with E-state index in [1.165, 1.54) is 0 Å². The molecular formula is C11H12N8. The Labute approximate surface area is 108 Å². The van der Waals surface area contributed by atoms with E-state index in [1.54, 1.807) is 12.4 Å². The van der Waals surface area contributed by atoms with Crippen molar-refractivity contribution in [3.05, 3.63) is 36.3 Å². The molecule has 3 heterocycles. The Kier molecular flexibility index (Phi) is 2.91. The second kappa shape index (κ2) is 4.86. The van der Waals surface area contributed by atoms with Crippen LogP contribution in [-0.4, -0.2) is 25.1 Å². The monoisotopic (exact) mass is 256 g/mol. The minimum atomic E-state index is 0.320. The van der Waals surface area contributed by atoms with Gasteiger partial charge in [-0.2, -0.15) is 15.1 Å². The van der Waals surface area contributed by atoms with Crippen molar-refractivity contribution in [2.75, 3.05) is 10.7 Å². The molecule has 3 rings (SSSR count). The summed E-state index contributed by atoms with van der Waals surface area (Å²) in [6, 6.07) is 5.74. The predicted molar refractivity (Wildman–Crippen MR) is 71.1 cm³/mol. The number of aromatic amines is 1. The normalized spacial score (nSPS) is 10.6. The molecule has 0 unspecified atom stereocenters. The fraction of sp³-hybridized carbons (Fsp3) is 0.0909. The highest BCUT2D eigenvalue weighted by atomic mass is 15.3. The van der Waals surface area contributed by atoms with Crippen LogP contribution in [0.25, 0.3) is 11.0 Å². The summed E-state index contributed by atoms with van der Waals surface area (Å²) in [6.45, 7) is 0.558. The van der Waals surface area contributed by atoms with Gasteiger partial charge in [0, 0.05) is 6.20 Å². The number of H-pyrrole nitrogens is 1. The van der Waals surface area contributed by atoms with Crippen molar-refractivity contribution in [2.24, 2.45) is 5.84 Å². The van der Waals surface area contributed by atoms with E-state index >= 15 is 0 Å². The maximum Gasteiger partial charge on any atom is 0.241 e. The Bertz CT molecular complexity index is 677. The highest BCUT2D eigenvalue weighted by molar-refractivity contribution is 5.86. The van der Waals surface area contributed by atoms with Crippen LogP contribution in [0.5, 0.6) is 0 Å². The zero-order valence-electron chi connectivity index (χ0n) is 9.96. The first kappa shape index (κ1) is 11.4. The standard InChI is InChI=1S/C11H12N8/c12-18-11-16-9(8-6-15-19-10(8)17-11)14-5-7-3-1-2-4-13-7/h1-4,6H,5,12H2,(H3,14,15,16,17,18,19). The van der Waals surface area contributed by atoms with Crippen molar-refractivity contribution in [1.29, 1.82) is 0 Å². The number of nitrogens with zero attached hydrogens (tertiary/aromatic N) is 4. The van der Waals surface area contributed by atoms with E-state index in [-0.39, 0.29) is 0 Å². The van der Waals surface area contributed by atoms with Crippen molar-refractivity contribution >= 4 is 22.8 Å². The van der Waals surface area contributed by atoms with E-state index in [0.29, 0.717) is 24.0 Å². The van der Waals surface area contributed by atoms with Crippen LogP contribution >= 0.6 is 0 Å². The van der Waals surface area contributed by atoms with Crippen LogP contribution in [0.2, 0.25) is 0 Å². The SMILES string of the molecule is NNc1nc(NCc2ccccn2)c2cn[nH]c2n1. The zero-order valence-corrected chi connectivity index (χ0v) is 9.96. The Balaban J connectivity index is 1.89. The molecule has 3 aromatic rings. The maximum absolute atomic E-state index is 5.34. The molecular weight excluding hydrogens is 244 g/mol. The Morgan fingerprint density at radius 3 is 3.00 bits per heavy atom. The molecule has 96 valence electrons. The summed E-state index contributed by atoms with van der Waals surface area (Å²) < 4.78 is 0. The minimum Gasteiger partial charge on any atom is -0.364 e. The lowest BCUT2D eigenvalue weighted by atomic mass is 10.3. The summed E-state index contributed by atoms with van der Waals surface area (Å²) in [5.41, 5.74) is 3.96. The molecule has 0 amide bonds. The number of hydrogen-bond acceptors (Lipinski definition) is 7. The maximum atomic E-state index is 5.34. The van der Waals surface area contributed by atoms with Gasteiger partial charge in [0.05, 0.1) is 23.8 Å². The molecule has 0 spiro atoms. The van der Waals surface area contributed by atoms with E-state index in [0.717, 1.165) is 11.1 Å². The van der Waals surface area contributed by atoms with Gasteiger partial charge in [0.15, 0.2) is 5.65 Å². The van der Waals surface area contributed by atoms with Crippen molar-refractivity contribution in [1.82, 2.24) is 25.1 Å². The Morgan fingerprint density at radius 1 is 1.26 bits per heavy atom. The van der Waals surface area contributed by atoms with Crippen LogP contribution in [0, 0.1) is 0 Å². The molecule has 8 heteroatoms. The topological polar surface area (TPSA) is 117 Å². The lowest BCUT2D eigenvalue weighted by molar-refractivity contribution is 1.02. The van der Waals surface area contributed by atoms with Crippen molar-refractivity contribution in [3.63, 3.8) is 0 Å². The van der Waals surface area contributed by atoms with Crippen LogP contribution in [0.1, 0.15) is 5.69 Å². The molecule has 0 radical (unpaired) electrons. The van der Waals surface area contributed by atoms with E-state index in [4.69, 9.17) is 5.84 Å². The molecule has 0 saturated carbocycles. The molecule has 3 aromatic heterocycles. The van der Waals surface area contributed by atoms with Crippen molar-refractivity contribution in [3.8, 4) is 0 Å². The third-order valence-corrected chi connectivity index (χ3v) is 2.60. The summed E-state index contributed by atoms with van der Waals surface area (Å²) in [6.07, 6.45) is 3.41. The first-order chi connectivity index (χ1) is 9.36. The number of hydrazine groups is 1. The van der Waals surface area contributed by atoms with Crippen LogP contribution in [0.4, 0.5) is 11.8 Å². The van der Waals surface area contributed by atoms with E-state index in [9.17, 15) is 0 Å². The first-order valence-corrected chi connectivity index (χ1v) is 5.68. The second-order valence-corrected chi connectivity index (χ2v) is 3.85. The third-order valence-electron chi connectivity index (χ3n) is 2.60. The van der Waals surface area contributed by atoms with Gasteiger partial charge < -0.3 is 5.32 Å². The van der Waals surface area contributed by atoms with Gasteiger partial charge in [-0.3, -0.25) is 15.5 Å². The lowest BCUT2D eigenvalue weighted by Gasteiger charge is -2.07. The predicted octanol–water partition coefficient (Wildman–Crippen LogP) is 0.646. The number of nitrogen functional groups attached to an aromatic ring is 1. The fourth-order valence-electron chi connectivity index (χ4n) is 1.71. The van der Waals surface area contributed by atoms with Crippen LogP contribution in [0.3, 0.4) is 0 Å². The van der Waals surface area contributed by atoms with Crippen molar-refractivity contribution < 1.29 is 0 Å². The molecule has 0 aliphatic heterocycles. The number of anilines is 2. The lowest BCUT2D eigenvalue weighted by Crippen LogP contribution is -2.12. The van der Waals surface area contributed by atoms with Gasteiger partial charge in [-0.1, -0.05) is 6.07 Å². The average Bonchev–Trinajstić information content (AvgIpc) is 2.94. The number of nitrogens with one attached hydrogen (secondary N) is 3. The summed E-state index contributed by atoms with van der Waals surface area (Å²) in [5.74, 6) is 6.31. The molecule has 0 atom stereocenters. The van der Waals surface area contributed by atoms with E-state index < -0.39 is 0 Å². The molecule has 0 fully saturated rings. The molecule has 0 aliphatic carbocycles. The summed E-state index contributed by atoms with van der Waals surface area (Å²) in [4.78, 5) is 12.6. The largest absolute Gasteiger partial charge is 0.364 e. The Morgan fingerprint density at radius 2 is 2.21 bits per heavy atom. The number of nitrogens with two attached hydrogens (primary N) is 1. The second-order valence-electron chi connectivity index (χ2n) is 3.85. The summed E-state index contributed by atoms with van der Waals surface area (Å²) in [7, 11) is 0. The van der Waals surface area contributed by atoms with Crippen LogP contribution < -0.4 is 16.6 Å². The molecule has 8 nitrogen and oxygen atoms in total. The van der Waals surface area contributed by atoms with Crippen LogP contribution in [0.15, 0.2) is 30.6 Å².